The SMILES string of the molecule is CC(C)CNCc1ccc(OCCN(C)CC(F)F)cc1. The fourth-order valence-electron chi connectivity index (χ4n) is 1.85. The number of ether oxygens (including phenoxy) is 1. The first-order chi connectivity index (χ1) is 9.97. The van der Waals surface area contributed by atoms with Crippen LogP contribution in [0.4, 0.5) is 8.78 Å². The largest absolute Gasteiger partial charge is 0.492 e. The molecule has 0 saturated heterocycles. The second-order valence-corrected chi connectivity index (χ2v) is 5.67. The fraction of sp³-hybridized carbons (Fsp3) is 0.625. The third-order valence-electron chi connectivity index (χ3n) is 3.00. The van der Waals surface area contributed by atoms with E-state index in [9.17, 15) is 8.78 Å². The van der Waals surface area contributed by atoms with Gasteiger partial charge in [0, 0.05) is 13.1 Å². The van der Waals surface area contributed by atoms with E-state index in [0.717, 1.165) is 18.8 Å². The lowest BCUT2D eigenvalue weighted by molar-refractivity contribution is 0.0935. The maximum Gasteiger partial charge on any atom is 0.251 e. The molecule has 0 aromatic heterocycles. The van der Waals surface area contributed by atoms with Gasteiger partial charge in [0.2, 0.25) is 0 Å². The van der Waals surface area contributed by atoms with Crippen LogP contribution in [0.1, 0.15) is 19.4 Å². The molecule has 0 heterocycles. The molecule has 1 N–H and O–H groups in total. The van der Waals surface area contributed by atoms with E-state index in [2.05, 4.69) is 19.2 Å². The summed E-state index contributed by atoms with van der Waals surface area (Å²) in [4.78, 5) is 1.56. The number of nitrogens with one attached hydrogen (secondary N) is 1. The van der Waals surface area contributed by atoms with Crippen molar-refractivity contribution in [1.29, 1.82) is 0 Å². The third-order valence-corrected chi connectivity index (χ3v) is 3.00. The van der Waals surface area contributed by atoms with Crippen molar-refractivity contribution in [3.63, 3.8) is 0 Å². The van der Waals surface area contributed by atoms with E-state index in [1.807, 2.05) is 24.3 Å². The molecule has 3 nitrogen and oxygen atoms in total. The van der Waals surface area contributed by atoms with E-state index in [-0.39, 0.29) is 6.54 Å². The van der Waals surface area contributed by atoms with Gasteiger partial charge < -0.3 is 10.1 Å². The number of hydrogen-bond acceptors (Lipinski definition) is 3. The smallest absolute Gasteiger partial charge is 0.251 e. The molecule has 0 saturated carbocycles. The average Bonchev–Trinajstić information content (AvgIpc) is 2.39. The zero-order chi connectivity index (χ0) is 15.7. The van der Waals surface area contributed by atoms with Crippen molar-refractivity contribution in [3.05, 3.63) is 29.8 Å². The Labute approximate surface area is 126 Å². The third kappa shape index (κ3) is 8.63. The lowest BCUT2D eigenvalue weighted by Gasteiger charge is -2.16. The molecule has 1 aromatic rings. The standard InChI is InChI=1S/C16H26F2N2O/c1-13(2)10-19-11-14-4-6-15(7-5-14)21-9-8-20(3)12-16(17)18/h4-7,13,16,19H,8-12H2,1-3H3. The maximum atomic E-state index is 12.1. The Morgan fingerprint density at radius 3 is 2.43 bits per heavy atom. The van der Waals surface area contributed by atoms with Gasteiger partial charge in [-0.3, -0.25) is 4.90 Å². The van der Waals surface area contributed by atoms with E-state index < -0.39 is 6.43 Å². The van der Waals surface area contributed by atoms with Gasteiger partial charge in [0.15, 0.2) is 0 Å². The summed E-state index contributed by atoms with van der Waals surface area (Å²) >= 11 is 0. The van der Waals surface area contributed by atoms with Gasteiger partial charge in [0.1, 0.15) is 12.4 Å². The summed E-state index contributed by atoms with van der Waals surface area (Å²) in [7, 11) is 1.67. The first-order valence-corrected chi connectivity index (χ1v) is 7.36. The van der Waals surface area contributed by atoms with E-state index >= 15 is 0 Å². The fourth-order valence-corrected chi connectivity index (χ4v) is 1.85. The molecule has 0 unspecified atom stereocenters. The van der Waals surface area contributed by atoms with Crippen LogP contribution in [-0.2, 0) is 6.54 Å². The van der Waals surface area contributed by atoms with Crippen LogP contribution in [0.25, 0.3) is 0 Å². The van der Waals surface area contributed by atoms with E-state index in [1.165, 1.54) is 5.56 Å². The van der Waals surface area contributed by atoms with Crippen molar-refractivity contribution >= 4 is 0 Å². The molecule has 21 heavy (non-hydrogen) atoms. The molecular formula is C16H26F2N2O. The first kappa shape index (κ1) is 17.9. The van der Waals surface area contributed by atoms with Gasteiger partial charge in [0.05, 0.1) is 6.54 Å². The van der Waals surface area contributed by atoms with Gasteiger partial charge in [-0.25, -0.2) is 8.78 Å². The maximum absolute atomic E-state index is 12.1. The highest BCUT2D eigenvalue weighted by Gasteiger charge is 2.07. The lowest BCUT2D eigenvalue weighted by Crippen LogP contribution is -2.28. The average molecular weight is 300 g/mol. The molecule has 0 aliphatic rings. The Morgan fingerprint density at radius 2 is 1.86 bits per heavy atom. The van der Waals surface area contributed by atoms with Crippen LogP contribution in [0.3, 0.4) is 0 Å². The Morgan fingerprint density at radius 1 is 1.19 bits per heavy atom. The molecule has 0 atom stereocenters. The number of halogens is 2. The van der Waals surface area contributed by atoms with Crippen molar-refractivity contribution in [2.24, 2.45) is 5.92 Å². The summed E-state index contributed by atoms with van der Waals surface area (Å²) in [6, 6.07) is 7.87. The first-order valence-electron chi connectivity index (χ1n) is 7.36. The summed E-state index contributed by atoms with van der Waals surface area (Å²) in [5.74, 6) is 1.41. The van der Waals surface area contributed by atoms with E-state index in [1.54, 1.807) is 11.9 Å². The molecule has 0 fully saturated rings. The number of alkyl halides is 2. The number of benzene rings is 1. The molecule has 0 aliphatic heterocycles. The minimum atomic E-state index is -2.30. The van der Waals surface area contributed by atoms with Crippen LogP contribution in [0.15, 0.2) is 24.3 Å². The molecule has 1 aromatic carbocycles. The van der Waals surface area contributed by atoms with Gasteiger partial charge in [-0.15, -0.1) is 0 Å². The summed E-state index contributed by atoms with van der Waals surface area (Å²) < 4.78 is 29.8. The highest BCUT2D eigenvalue weighted by Crippen LogP contribution is 2.12. The number of likely N-dealkylation sites (N-methyl/N-ethyl adjacent to an activating group) is 1. The summed E-state index contributed by atoms with van der Waals surface area (Å²) in [5, 5.41) is 3.38. The minimum Gasteiger partial charge on any atom is -0.492 e. The second-order valence-electron chi connectivity index (χ2n) is 5.67. The minimum absolute atomic E-state index is 0.218. The van der Waals surface area contributed by atoms with E-state index in [4.69, 9.17) is 4.74 Å². The summed E-state index contributed by atoms with van der Waals surface area (Å²) in [6.07, 6.45) is -2.30. The molecule has 1 rings (SSSR count). The molecule has 5 heteroatoms. The normalized spacial score (nSPS) is 11.6. The summed E-state index contributed by atoms with van der Waals surface area (Å²) in [6.45, 7) is 6.87. The summed E-state index contributed by atoms with van der Waals surface area (Å²) in [5.41, 5.74) is 1.21. The van der Waals surface area contributed by atoms with Crippen LogP contribution >= 0.6 is 0 Å². The molecule has 0 spiro atoms. The lowest BCUT2D eigenvalue weighted by atomic mass is 10.2. The number of hydrogen-bond donors (Lipinski definition) is 1. The van der Waals surface area contributed by atoms with Crippen molar-refractivity contribution in [2.45, 2.75) is 26.8 Å². The molecule has 0 aliphatic carbocycles. The Kier molecular flexibility index (Phi) is 8.23. The quantitative estimate of drug-likeness (QED) is 0.719. The second kappa shape index (κ2) is 9.68. The Hall–Kier alpha value is -1.20. The van der Waals surface area contributed by atoms with Crippen molar-refractivity contribution in [1.82, 2.24) is 10.2 Å². The predicted molar refractivity (Wildman–Crippen MR) is 82.0 cm³/mol. The predicted octanol–water partition coefficient (Wildman–Crippen LogP) is 3.01. The number of nitrogens with zero attached hydrogens (tertiary/aromatic N) is 1. The molecular weight excluding hydrogens is 274 g/mol. The highest BCUT2D eigenvalue weighted by molar-refractivity contribution is 5.27. The zero-order valence-electron chi connectivity index (χ0n) is 13.1. The number of rotatable bonds is 10. The Bertz CT molecular complexity index is 382. The van der Waals surface area contributed by atoms with Crippen LogP contribution in [0.2, 0.25) is 0 Å². The van der Waals surface area contributed by atoms with Crippen molar-refractivity contribution in [2.75, 3.05) is 33.3 Å². The van der Waals surface area contributed by atoms with Gasteiger partial charge in [-0.2, -0.15) is 0 Å². The van der Waals surface area contributed by atoms with Crippen molar-refractivity contribution < 1.29 is 13.5 Å². The highest BCUT2D eigenvalue weighted by atomic mass is 19.3. The monoisotopic (exact) mass is 300 g/mol. The van der Waals surface area contributed by atoms with Crippen molar-refractivity contribution in [3.8, 4) is 5.75 Å². The Balaban J connectivity index is 2.24. The van der Waals surface area contributed by atoms with Crippen LogP contribution in [0.5, 0.6) is 5.75 Å². The topological polar surface area (TPSA) is 24.5 Å². The molecule has 0 amide bonds. The van der Waals surface area contributed by atoms with E-state index in [0.29, 0.717) is 19.1 Å². The molecule has 0 radical (unpaired) electrons. The van der Waals surface area contributed by atoms with Crippen LogP contribution in [-0.4, -0.2) is 44.6 Å². The van der Waals surface area contributed by atoms with Gasteiger partial charge in [-0.05, 0) is 37.2 Å². The molecule has 0 bridgehead atoms. The molecule has 120 valence electrons. The zero-order valence-corrected chi connectivity index (χ0v) is 13.1. The van der Waals surface area contributed by atoms with Gasteiger partial charge in [0.25, 0.3) is 6.43 Å². The van der Waals surface area contributed by atoms with Gasteiger partial charge >= 0.3 is 0 Å². The van der Waals surface area contributed by atoms with Gasteiger partial charge in [-0.1, -0.05) is 26.0 Å². The van der Waals surface area contributed by atoms with Crippen LogP contribution < -0.4 is 10.1 Å². The van der Waals surface area contributed by atoms with Crippen LogP contribution in [0, 0.1) is 5.92 Å².